The van der Waals surface area contributed by atoms with Crippen molar-refractivity contribution < 1.29 is 24.8 Å². The minimum atomic E-state index is -1.57. The highest BCUT2D eigenvalue weighted by Gasteiger charge is 2.40. The number of nitriles is 2. The second-order valence-corrected chi connectivity index (χ2v) is 6.80. The molecule has 1 aliphatic rings. The van der Waals surface area contributed by atoms with Crippen LogP contribution in [0.15, 0.2) is 24.3 Å². The standard InChI is InChI=1S/C19H18N4O5S/c1-27-10-4-2-9(3-5-10)14-11(6-20)17(22)23(19(29)12(14)7-21)18-16(26)15(25)13(24)8-28-18/h2-5,13,15-16,18,24-26H,8,22H2,1H3/t13-,15-,16-,18-/m1/s1. The molecule has 9 nitrogen and oxygen atoms in total. The van der Waals surface area contributed by atoms with Crippen LogP contribution < -0.4 is 10.5 Å². The maximum Gasteiger partial charge on any atom is 0.165 e. The zero-order valence-corrected chi connectivity index (χ0v) is 16.1. The first-order chi connectivity index (χ1) is 13.8. The Kier molecular flexibility index (Phi) is 5.84. The first kappa shape index (κ1) is 20.7. The molecular weight excluding hydrogens is 396 g/mol. The van der Waals surface area contributed by atoms with E-state index >= 15 is 0 Å². The van der Waals surface area contributed by atoms with E-state index in [1.165, 1.54) is 7.11 Å². The van der Waals surface area contributed by atoms with Gasteiger partial charge in [-0.1, -0.05) is 24.4 Å². The van der Waals surface area contributed by atoms with Crippen LogP contribution >= 0.6 is 12.2 Å². The van der Waals surface area contributed by atoms with Gasteiger partial charge in [-0.15, -0.1) is 0 Å². The molecule has 1 aromatic carbocycles. The molecule has 0 saturated carbocycles. The first-order valence-corrected chi connectivity index (χ1v) is 8.94. The highest BCUT2D eigenvalue weighted by atomic mass is 32.1. The third-order valence-electron chi connectivity index (χ3n) is 4.78. The summed E-state index contributed by atoms with van der Waals surface area (Å²) in [5, 5.41) is 49.5. The molecule has 2 heterocycles. The fraction of sp³-hybridized carbons (Fsp3) is 0.316. The van der Waals surface area contributed by atoms with Gasteiger partial charge >= 0.3 is 0 Å². The van der Waals surface area contributed by atoms with Crippen LogP contribution in [-0.2, 0) is 4.74 Å². The van der Waals surface area contributed by atoms with Gasteiger partial charge in [-0.25, -0.2) is 0 Å². The van der Waals surface area contributed by atoms with E-state index in [0.717, 1.165) is 4.57 Å². The lowest BCUT2D eigenvalue weighted by Crippen LogP contribution is -2.51. The van der Waals surface area contributed by atoms with E-state index in [1.807, 2.05) is 12.1 Å². The van der Waals surface area contributed by atoms with Gasteiger partial charge in [0.25, 0.3) is 0 Å². The summed E-state index contributed by atoms with van der Waals surface area (Å²) in [6, 6.07) is 10.7. The van der Waals surface area contributed by atoms with Gasteiger partial charge in [-0.3, -0.25) is 4.57 Å². The van der Waals surface area contributed by atoms with Gasteiger partial charge < -0.3 is 30.5 Å². The lowest BCUT2D eigenvalue weighted by Gasteiger charge is -2.37. The number of rotatable bonds is 3. The lowest BCUT2D eigenvalue weighted by molar-refractivity contribution is -0.210. The molecule has 1 fully saturated rings. The number of anilines is 1. The topological polar surface area (TPSA) is 158 Å². The summed E-state index contributed by atoms with van der Waals surface area (Å²) in [5.74, 6) is 0.463. The van der Waals surface area contributed by atoms with Gasteiger partial charge in [0.15, 0.2) is 6.23 Å². The zero-order valence-electron chi connectivity index (χ0n) is 15.3. The van der Waals surface area contributed by atoms with Crippen molar-refractivity contribution in [3.8, 4) is 29.0 Å². The summed E-state index contributed by atoms with van der Waals surface area (Å²) in [5.41, 5.74) is 6.94. The number of aromatic nitrogens is 1. The third-order valence-corrected chi connectivity index (χ3v) is 5.18. The number of hydrogen-bond acceptors (Lipinski definition) is 9. The van der Waals surface area contributed by atoms with Crippen molar-refractivity contribution in [3.63, 3.8) is 0 Å². The molecule has 3 rings (SSSR count). The van der Waals surface area contributed by atoms with Crippen LogP contribution in [0.1, 0.15) is 17.4 Å². The molecule has 10 heteroatoms. The number of nitrogens with two attached hydrogens (primary N) is 1. The first-order valence-electron chi connectivity index (χ1n) is 8.54. The molecule has 150 valence electrons. The summed E-state index contributed by atoms with van der Waals surface area (Å²) < 4.78 is 11.6. The van der Waals surface area contributed by atoms with Crippen molar-refractivity contribution in [1.29, 1.82) is 10.5 Å². The average Bonchev–Trinajstić information content (AvgIpc) is 2.73. The van der Waals surface area contributed by atoms with Gasteiger partial charge in [0, 0.05) is 5.56 Å². The van der Waals surface area contributed by atoms with Crippen LogP contribution in [-0.4, -0.2) is 51.9 Å². The zero-order chi connectivity index (χ0) is 21.3. The van der Waals surface area contributed by atoms with E-state index in [2.05, 4.69) is 0 Å². The molecule has 0 unspecified atom stereocenters. The largest absolute Gasteiger partial charge is 0.497 e. The number of ether oxygens (including phenoxy) is 2. The van der Waals surface area contributed by atoms with Gasteiger partial charge in [0.2, 0.25) is 0 Å². The van der Waals surface area contributed by atoms with Crippen LogP contribution in [0.5, 0.6) is 5.75 Å². The van der Waals surface area contributed by atoms with E-state index in [9.17, 15) is 25.8 Å². The Bertz CT molecular complexity index is 1070. The third kappa shape index (κ3) is 3.44. The number of aliphatic hydroxyl groups excluding tert-OH is 3. The SMILES string of the molecule is COc1ccc(-c2c(C#N)c(N)n([C@@H]3OC[C@@H](O)[C@@H](O)[C@H]3O)c(=S)c2C#N)cc1. The number of nitrogens with zero attached hydrogens (tertiary/aromatic N) is 3. The summed E-state index contributed by atoms with van der Waals surface area (Å²) in [4.78, 5) is 0. The molecule has 5 N–H and O–H groups in total. The van der Waals surface area contributed by atoms with Gasteiger partial charge in [0.1, 0.15) is 52.2 Å². The number of nitrogen functional groups attached to an aromatic ring is 1. The lowest BCUT2D eigenvalue weighted by atomic mass is 9.95. The fourth-order valence-corrected chi connectivity index (χ4v) is 3.59. The van der Waals surface area contributed by atoms with Crippen molar-refractivity contribution in [2.75, 3.05) is 19.5 Å². The smallest absolute Gasteiger partial charge is 0.165 e. The summed E-state index contributed by atoms with van der Waals surface area (Å²) in [6.07, 6.45) is -5.64. The average molecular weight is 414 g/mol. The Labute approximate surface area is 171 Å². The summed E-state index contributed by atoms with van der Waals surface area (Å²) in [7, 11) is 1.52. The molecule has 0 radical (unpaired) electrons. The number of benzene rings is 1. The van der Waals surface area contributed by atoms with Crippen molar-refractivity contribution in [2.24, 2.45) is 0 Å². The second-order valence-electron chi connectivity index (χ2n) is 6.41. The van der Waals surface area contributed by atoms with Crippen molar-refractivity contribution in [1.82, 2.24) is 4.57 Å². The monoisotopic (exact) mass is 414 g/mol. The van der Waals surface area contributed by atoms with E-state index in [-0.39, 0.29) is 33.8 Å². The molecule has 29 heavy (non-hydrogen) atoms. The van der Waals surface area contributed by atoms with Crippen molar-refractivity contribution >= 4 is 18.0 Å². The molecule has 2 aromatic rings. The molecule has 0 bridgehead atoms. The molecular formula is C19H18N4O5S. The van der Waals surface area contributed by atoms with E-state index in [0.29, 0.717) is 11.3 Å². The van der Waals surface area contributed by atoms with E-state index < -0.39 is 24.5 Å². The normalized spacial score (nSPS) is 23.8. The quantitative estimate of drug-likeness (QED) is 0.534. The number of methoxy groups -OCH3 is 1. The molecule has 1 aliphatic heterocycles. The van der Waals surface area contributed by atoms with E-state index in [1.54, 1.807) is 24.3 Å². The highest BCUT2D eigenvalue weighted by molar-refractivity contribution is 7.71. The van der Waals surface area contributed by atoms with Crippen molar-refractivity contribution in [2.45, 2.75) is 24.5 Å². The predicted octanol–water partition coefficient (Wildman–Crippen LogP) is 0.830. The molecule has 0 aliphatic carbocycles. The Hall–Kier alpha value is -2.99. The van der Waals surface area contributed by atoms with Crippen LogP contribution in [0.2, 0.25) is 0 Å². The van der Waals surface area contributed by atoms with Crippen LogP contribution in [0.4, 0.5) is 5.82 Å². The minimum Gasteiger partial charge on any atom is -0.497 e. The van der Waals surface area contributed by atoms with Gasteiger partial charge in [-0.2, -0.15) is 10.5 Å². The Balaban J connectivity index is 2.26. The van der Waals surface area contributed by atoms with Crippen molar-refractivity contribution in [3.05, 3.63) is 40.0 Å². The minimum absolute atomic E-state index is 0.00710. The predicted molar refractivity (Wildman–Crippen MR) is 104 cm³/mol. The summed E-state index contributed by atoms with van der Waals surface area (Å²) in [6.45, 7) is -0.284. The Morgan fingerprint density at radius 1 is 1.14 bits per heavy atom. The van der Waals surface area contributed by atoms with Gasteiger partial charge in [-0.05, 0) is 17.7 Å². The molecule has 1 saturated heterocycles. The maximum atomic E-state index is 10.3. The van der Waals surface area contributed by atoms with Crippen LogP contribution in [0.25, 0.3) is 11.1 Å². The molecule has 0 spiro atoms. The molecule has 0 amide bonds. The van der Waals surface area contributed by atoms with Crippen LogP contribution in [0.3, 0.4) is 0 Å². The fourth-order valence-electron chi connectivity index (χ4n) is 3.24. The summed E-state index contributed by atoms with van der Waals surface area (Å²) >= 11 is 5.42. The number of hydrogen-bond donors (Lipinski definition) is 4. The molecule has 1 aromatic heterocycles. The van der Waals surface area contributed by atoms with Crippen LogP contribution in [0, 0.1) is 27.3 Å². The highest BCUT2D eigenvalue weighted by Crippen LogP contribution is 2.36. The number of pyridine rings is 1. The van der Waals surface area contributed by atoms with E-state index in [4.69, 9.17) is 27.4 Å². The Morgan fingerprint density at radius 2 is 1.76 bits per heavy atom. The molecule has 4 atom stereocenters. The maximum absolute atomic E-state index is 10.3. The van der Waals surface area contributed by atoms with Gasteiger partial charge in [0.05, 0.1) is 19.3 Å². The second kappa shape index (κ2) is 8.17. The number of aliphatic hydroxyl groups is 3. The Morgan fingerprint density at radius 3 is 2.31 bits per heavy atom.